The number of nitrogens with one attached hydrogen (secondary N) is 1. The molecule has 194 valence electrons. The number of fused-ring (bicyclic) bond motifs is 1. The van der Waals surface area contributed by atoms with Crippen molar-refractivity contribution in [3.05, 3.63) is 129 Å². The number of carboxylic acid groups (broad SMARTS) is 1. The van der Waals surface area contributed by atoms with Gasteiger partial charge in [0.25, 0.3) is 5.56 Å². The van der Waals surface area contributed by atoms with Crippen LogP contribution >= 0.6 is 11.3 Å². The van der Waals surface area contributed by atoms with Crippen molar-refractivity contribution in [1.29, 1.82) is 0 Å². The fraction of sp³-hybridized carbons (Fsp3) is 0.125. The molecule has 3 aromatic carbocycles. The molecule has 0 saturated carbocycles. The van der Waals surface area contributed by atoms with Crippen molar-refractivity contribution < 1.29 is 9.90 Å². The van der Waals surface area contributed by atoms with Crippen LogP contribution in [0.4, 0.5) is 11.4 Å². The van der Waals surface area contributed by atoms with Gasteiger partial charge in [0.2, 0.25) is 0 Å². The van der Waals surface area contributed by atoms with Crippen LogP contribution in [0.1, 0.15) is 38.5 Å². The van der Waals surface area contributed by atoms with E-state index in [-0.39, 0.29) is 11.3 Å². The van der Waals surface area contributed by atoms with Gasteiger partial charge in [-0.2, -0.15) is 0 Å². The monoisotopic (exact) mass is 533 g/mol. The minimum Gasteiger partial charge on any atom is -0.477 e. The van der Waals surface area contributed by atoms with E-state index in [0.29, 0.717) is 11.3 Å². The van der Waals surface area contributed by atoms with Crippen LogP contribution in [-0.4, -0.2) is 27.4 Å². The van der Waals surface area contributed by atoms with Crippen molar-refractivity contribution in [1.82, 2.24) is 9.78 Å². The van der Waals surface area contributed by atoms with E-state index < -0.39 is 11.5 Å². The fourth-order valence-corrected chi connectivity index (χ4v) is 6.13. The quantitative estimate of drug-likeness (QED) is 0.245. The second-order valence-corrected chi connectivity index (χ2v) is 10.8. The number of anilines is 2. The molecule has 3 heterocycles. The maximum Gasteiger partial charge on any atom is 0.354 e. The van der Waals surface area contributed by atoms with E-state index >= 15 is 0 Å². The van der Waals surface area contributed by atoms with Crippen LogP contribution in [0.15, 0.2) is 96.3 Å². The first-order valence-electron chi connectivity index (χ1n) is 12.8. The predicted octanol–water partition coefficient (Wildman–Crippen LogP) is 7.05. The van der Waals surface area contributed by atoms with Crippen molar-refractivity contribution >= 4 is 34.3 Å². The van der Waals surface area contributed by atoms with Crippen LogP contribution in [0.3, 0.4) is 0 Å². The second kappa shape index (κ2) is 9.93. The first-order chi connectivity index (χ1) is 18.9. The molecule has 0 aliphatic carbocycles. The second-order valence-electron chi connectivity index (χ2n) is 9.72. The van der Waals surface area contributed by atoms with Gasteiger partial charge in [-0.05, 0) is 85.0 Å². The number of hydrogen-bond acceptors (Lipinski definition) is 4. The molecule has 1 aliphatic heterocycles. The van der Waals surface area contributed by atoms with E-state index in [1.54, 1.807) is 24.3 Å². The van der Waals surface area contributed by atoms with E-state index in [1.807, 2.05) is 18.2 Å². The maximum atomic E-state index is 13.3. The van der Waals surface area contributed by atoms with Gasteiger partial charge in [-0.3, -0.25) is 9.89 Å². The van der Waals surface area contributed by atoms with E-state index in [9.17, 15) is 14.7 Å². The molecular formula is C32H27N3O3S. The molecule has 0 fully saturated rings. The number of thiophene rings is 1. The van der Waals surface area contributed by atoms with Crippen molar-refractivity contribution in [3.63, 3.8) is 0 Å². The number of aromatic nitrogens is 2. The Balaban J connectivity index is 1.33. The van der Waals surface area contributed by atoms with Crippen LogP contribution in [0.25, 0.3) is 21.7 Å². The lowest BCUT2D eigenvalue weighted by Gasteiger charge is -2.31. The molecule has 0 saturated heterocycles. The molecule has 0 radical (unpaired) electrons. The zero-order valence-corrected chi connectivity index (χ0v) is 22.3. The molecule has 0 bridgehead atoms. The number of carbonyl (C=O) groups is 1. The van der Waals surface area contributed by atoms with Crippen molar-refractivity contribution in [2.75, 3.05) is 11.4 Å². The molecule has 6 rings (SSSR count). The number of aromatic carboxylic acids is 1. The van der Waals surface area contributed by atoms with Crippen LogP contribution in [-0.2, 0) is 6.42 Å². The number of rotatable bonds is 6. The molecule has 1 aliphatic rings. The van der Waals surface area contributed by atoms with Gasteiger partial charge in [-0.15, -0.1) is 11.3 Å². The Morgan fingerprint density at radius 1 is 0.974 bits per heavy atom. The standard InChI is InChI=1S/C32H27N3O3S/c1-20-10-13-24(14-11-20)34-18-6-7-22-19-23(12-15-26(22)34)28-17-16-27(39-28)21(2)29-30(32(37)38)33-35(31(29)36)25-8-4-3-5-9-25/h3-5,8-17,19,33H,2,6-7,18H2,1H3,(H,37,38). The molecule has 2 aromatic heterocycles. The van der Waals surface area contributed by atoms with Gasteiger partial charge >= 0.3 is 5.97 Å². The van der Waals surface area contributed by atoms with E-state index in [0.717, 1.165) is 34.7 Å². The number of benzene rings is 3. The summed E-state index contributed by atoms with van der Waals surface area (Å²) in [6, 6.07) is 28.0. The Morgan fingerprint density at radius 2 is 1.74 bits per heavy atom. The van der Waals surface area contributed by atoms with Crippen molar-refractivity contribution in [3.8, 4) is 16.1 Å². The Bertz CT molecular complexity index is 1760. The number of nitrogens with zero attached hydrogens (tertiary/aromatic N) is 2. The number of para-hydroxylation sites is 1. The van der Waals surface area contributed by atoms with Crippen molar-refractivity contribution in [2.24, 2.45) is 0 Å². The SMILES string of the molecule is C=C(c1ccc(-c2ccc3c(c2)CCCN3c2ccc(C)cc2)s1)c1c(C(=O)O)[nH]n(-c2ccccc2)c1=O. The van der Waals surface area contributed by atoms with Gasteiger partial charge < -0.3 is 10.0 Å². The Labute approximate surface area is 230 Å². The maximum absolute atomic E-state index is 13.3. The molecule has 5 aromatic rings. The van der Waals surface area contributed by atoms with Crippen LogP contribution in [0.2, 0.25) is 0 Å². The molecule has 0 amide bonds. The zero-order chi connectivity index (χ0) is 27.1. The smallest absolute Gasteiger partial charge is 0.354 e. The summed E-state index contributed by atoms with van der Waals surface area (Å²) in [6.07, 6.45) is 2.09. The summed E-state index contributed by atoms with van der Waals surface area (Å²) in [5.41, 5.74) is 6.48. The lowest BCUT2D eigenvalue weighted by Crippen LogP contribution is -2.24. The number of aryl methyl sites for hydroxylation is 2. The summed E-state index contributed by atoms with van der Waals surface area (Å²) < 4.78 is 1.25. The van der Waals surface area contributed by atoms with Gasteiger partial charge in [0, 0.05) is 27.7 Å². The highest BCUT2D eigenvalue weighted by atomic mass is 32.1. The molecule has 2 N–H and O–H groups in total. The third-order valence-electron chi connectivity index (χ3n) is 7.15. The van der Waals surface area contributed by atoms with E-state index in [2.05, 4.69) is 66.0 Å². The topological polar surface area (TPSA) is 78.3 Å². The predicted molar refractivity (Wildman–Crippen MR) is 158 cm³/mol. The molecule has 6 nitrogen and oxygen atoms in total. The highest BCUT2D eigenvalue weighted by Gasteiger charge is 2.25. The van der Waals surface area contributed by atoms with E-state index in [1.165, 1.54) is 38.5 Å². The summed E-state index contributed by atoms with van der Waals surface area (Å²) in [5, 5.41) is 12.6. The molecule has 7 heteroatoms. The first-order valence-corrected chi connectivity index (χ1v) is 13.6. The van der Waals surface area contributed by atoms with E-state index in [4.69, 9.17) is 0 Å². The summed E-state index contributed by atoms with van der Waals surface area (Å²) in [6.45, 7) is 7.23. The summed E-state index contributed by atoms with van der Waals surface area (Å²) in [7, 11) is 0. The Kier molecular flexibility index (Phi) is 6.29. The third kappa shape index (κ3) is 4.51. The van der Waals surface area contributed by atoms with Gasteiger partial charge in [0.15, 0.2) is 5.69 Å². The van der Waals surface area contributed by atoms with Crippen molar-refractivity contribution in [2.45, 2.75) is 19.8 Å². The normalized spacial score (nSPS) is 12.8. The van der Waals surface area contributed by atoms with Crippen LogP contribution in [0.5, 0.6) is 0 Å². The number of H-pyrrole nitrogens is 1. The number of carboxylic acids is 1. The number of hydrogen-bond donors (Lipinski definition) is 2. The molecule has 39 heavy (non-hydrogen) atoms. The summed E-state index contributed by atoms with van der Waals surface area (Å²) in [4.78, 5) is 29.5. The largest absolute Gasteiger partial charge is 0.477 e. The number of aromatic amines is 1. The van der Waals surface area contributed by atoms with Crippen LogP contribution < -0.4 is 10.5 Å². The molecule has 0 unspecified atom stereocenters. The van der Waals surface area contributed by atoms with Crippen LogP contribution in [0, 0.1) is 6.92 Å². The van der Waals surface area contributed by atoms with Gasteiger partial charge in [0.1, 0.15) is 0 Å². The molecule has 0 spiro atoms. The highest BCUT2D eigenvalue weighted by Crippen LogP contribution is 2.39. The Hall–Kier alpha value is -4.62. The van der Waals surface area contributed by atoms with Gasteiger partial charge in [-0.1, -0.05) is 48.5 Å². The lowest BCUT2D eigenvalue weighted by molar-refractivity contribution is 0.0689. The molecular weight excluding hydrogens is 506 g/mol. The lowest BCUT2D eigenvalue weighted by atomic mass is 9.98. The van der Waals surface area contributed by atoms with Gasteiger partial charge in [-0.25, -0.2) is 9.48 Å². The minimum absolute atomic E-state index is 0.0685. The summed E-state index contributed by atoms with van der Waals surface area (Å²) in [5.74, 6) is -1.21. The zero-order valence-electron chi connectivity index (χ0n) is 21.5. The Morgan fingerprint density at radius 3 is 2.49 bits per heavy atom. The minimum atomic E-state index is -1.21. The third-order valence-corrected chi connectivity index (χ3v) is 8.35. The average molecular weight is 534 g/mol. The fourth-order valence-electron chi connectivity index (χ4n) is 5.15. The molecule has 0 atom stereocenters. The van der Waals surface area contributed by atoms with Gasteiger partial charge in [0.05, 0.1) is 11.3 Å². The summed E-state index contributed by atoms with van der Waals surface area (Å²) >= 11 is 1.50. The average Bonchev–Trinajstić information content (AvgIpc) is 3.58. The highest BCUT2D eigenvalue weighted by molar-refractivity contribution is 7.16. The first kappa shape index (κ1) is 24.7.